The van der Waals surface area contributed by atoms with Crippen LogP contribution in [0.5, 0.6) is 0 Å². The predicted octanol–water partition coefficient (Wildman–Crippen LogP) is 5.15. The Balaban J connectivity index is 1.32. The van der Waals surface area contributed by atoms with Crippen molar-refractivity contribution in [1.82, 2.24) is 10.6 Å². The second kappa shape index (κ2) is 12.6. The van der Waals surface area contributed by atoms with E-state index < -0.39 is 11.6 Å². The number of ether oxygens (including phenoxy) is 2. The molecule has 5 rings (SSSR count). The molecule has 38 heavy (non-hydrogen) atoms. The van der Waals surface area contributed by atoms with Crippen LogP contribution in [0.15, 0.2) is 91.0 Å². The van der Waals surface area contributed by atoms with Gasteiger partial charge in [0, 0.05) is 12.5 Å². The molecule has 1 aliphatic carbocycles. The fourth-order valence-corrected chi connectivity index (χ4v) is 5.85. The summed E-state index contributed by atoms with van der Waals surface area (Å²) in [6.45, 7) is 1.37. The lowest BCUT2D eigenvalue weighted by Gasteiger charge is -2.38. The number of amides is 2. The Kier molecular flexibility index (Phi) is 8.74. The number of hydrogen-bond donors (Lipinski definition) is 3. The minimum Gasteiger partial charge on any atom is -0.378 e. The molecular formula is C32H38N2O4. The van der Waals surface area contributed by atoms with E-state index in [1.807, 2.05) is 91.0 Å². The lowest BCUT2D eigenvalue weighted by Crippen LogP contribution is -2.56. The Morgan fingerprint density at radius 1 is 0.816 bits per heavy atom. The summed E-state index contributed by atoms with van der Waals surface area (Å²) in [6, 6.07) is 28.5. The van der Waals surface area contributed by atoms with Crippen molar-refractivity contribution >= 4 is 6.03 Å². The van der Waals surface area contributed by atoms with Crippen molar-refractivity contribution in [3.63, 3.8) is 0 Å². The summed E-state index contributed by atoms with van der Waals surface area (Å²) in [4.78, 5) is 13.4. The standard InChI is InChI=1S/C32H38N2O4/c35-31(33-28-18-16-25(17-19-28)23-30-37-20-21-38-30)34-29(22-24-10-4-1-5-11-24)32(36,26-12-6-2-7-13-26)27-14-8-3-9-15-27/h1-15,25,28-30,36H,16-23H2,(H2,33,34,35)/t25?,28?,29-/m1/s1. The molecule has 6 heteroatoms. The van der Waals surface area contributed by atoms with Crippen molar-refractivity contribution in [2.24, 2.45) is 5.92 Å². The number of carbonyl (C=O) groups excluding carboxylic acids is 1. The minimum absolute atomic E-state index is 0.0693. The summed E-state index contributed by atoms with van der Waals surface area (Å²) in [7, 11) is 0. The molecule has 2 fully saturated rings. The molecule has 1 saturated heterocycles. The van der Waals surface area contributed by atoms with E-state index in [1.165, 1.54) is 0 Å². The highest BCUT2D eigenvalue weighted by atomic mass is 16.7. The maximum atomic E-state index is 13.4. The Bertz CT molecular complexity index is 1090. The van der Waals surface area contributed by atoms with E-state index in [0.717, 1.165) is 48.8 Å². The Hall–Kier alpha value is -3.19. The average Bonchev–Trinajstić information content (AvgIpc) is 3.48. The van der Waals surface area contributed by atoms with Gasteiger partial charge in [0.25, 0.3) is 0 Å². The van der Waals surface area contributed by atoms with Crippen LogP contribution in [-0.4, -0.2) is 42.7 Å². The molecule has 3 aromatic rings. The van der Waals surface area contributed by atoms with Crippen LogP contribution < -0.4 is 10.6 Å². The van der Waals surface area contributed by atoms with Crippen molar-refractivity contribution < 1.29 is 19.4 Å². The number of urea groups is 1. The van der Waals surface area contributed by atoms with Crippen molar-refractivity contribution in [2.75, 3.05) is 13.2 Å². The van der Waals surface area contributed by atoms with Crippen LogP contribution in [0.2, 0.25) is 0 Å². The van der Waals surface area contributed by atoms with E-state index in [0.29, 0.717) is 25.6 Å². The molecule has 6 nitrogen and oxygen atoms in total. The molecule has 1 heterocycles. The van der Waals surface area contributed by atoms with Crippen LogP contribution in [0.3, 0.4) is 0 Å². The molecule has 0 unspecified atom stereocenters. The van der Waals surface area contributed by atoms with Gasteiger partial charge in [-0.25, -0.2) is 4.79 Å². The first-order chi connectivity index (χ1) is 18.6. The van der Waals surface area contributed by atoms with Crippen LogP contribution in [0, 0.1) is 5.92 Å². The molecule has 1 saturated carbocycles. The quantitative estimate of drug-likeness (QED) is 0.369. The minimum atomic E-state index is -1.42. The SMILES string of the molecule is O=C(NC1CCC(CC2OCCO2)CC1)N[C@H](Cc1ccccc1)C(O)(c1ccccc1)c1ccccc1. The molecular weight excluding hydrogens is 476 g/mol. The molecule has 2 aliphatic rings. The number of nitrogens with one attached hydrogen (secondary N) is 2. The number of carbonyl (C=O) groups is 1. The van der Waals surface area contributed by atoms with Gasteiger partial charge in [-0.2, -0.15) is 0 Å². The number of rotatable bonds is 9. The molecule has 0 spiro atoms. The molecule has 3 N–H and O–H groups in total. The molecule has 1 atom stereocenters. The fraction of sp³-hybridized carbons (Fsp3) is 0.406. The summed E-state index contributed by atoms with van der Waals surface area (Å²) in [5, 5.41) is 18.8. The van der Waals surface area contributed by atoms with Crippen LogP contribution in [-0.2, 0) is 21.5 Å². The van der Waals surface area contributed by atoms with Crippen molar-refractivity contribution in [3.8, 4) is 0 Å². The molecule has 0 radical (unpaired) electrons. The second-order valence-corrected chi connectivity index (χ2v) is 10.5. The third kappa shape index (κ3) is 6.44. The highest BCUT2D eigenvalue weighted by molar-refractivity contribution is 5.75. The Morgan fingerprint density at radius 2 is 1.34 bits per heavy atom. The molecule has 200 valence electrons. The van der Waals surface area contributed by atoms with Gasteiger partial charge in [0.15, 0.2) is 6.29 Å². The topological polar surface area (TPSA) is 79.8 Å². The zero-order valence-electron chi connectivity index (χ0n) is 21.8. The molecule has 0 bridgehead atoms. The van der Waals surface area contributed by atoms with Gasteiger partial charge in [-0.05, 0) is 54.7 Å². The molecule has 2 amide bonds. The summed E-state index contributed by atoms with van der Waals surface area (Å²) < 4.78 is 11.2. The Morgan fingerprint density at radius 3 is 1.89 bits per heavy atom. The highest BCUT2D eigenvalue weighted by Crippen LogP contribution is 2.35. The smallest absolute Gasteiger partial charge is 0.315 e. The first-order valence-corrected chi connectivity index (χ1v) is 13.8. The summed E-state index contributed by atoms with van der Waals surface area (Å²) >= 11 is 0. The third-order valence-corrected chi connectivity index (χ3v) is 7.92. The summed E-state index contributed by atoms with van der Waals surface area (Å²) in [5.74, 6) is 0.561. The highest BCUT2D eigenvalue weighted by Gasteiger charge is 2.41. The van der Waals surface area contributed by atoms with E-state index in [2.05, 4.69) is 10.6 Å². The second-order valence-electron chi connectivity index (χ2n) is 10.5. The third-order valence-electron chi connectivity index (χ3n) is 7.92. The van der Waals surface area contributed by atoms with Gasteiger partial charge < -0.3 is 25.2 Å². The van der Waals surface area contributed by atoms with Crippen LogP contribution in [0.25, 0.3) is 0 Å². The average molecular weight is 515 g/mol. The lowest BCUT2D eigenvalue weighted by molar-refractivity contribution is -0.0601. The van der Waals surface area contributed by atoms with Crippen molar-refractivity contribution in [3.05, 3.63) is 108 Å². The zero-order valence-corrected chi connectivity index (χ0v) is 21.8. The summed E-state index contributed by atoms with van der Waals surface area (Å²) in [5.41, 5.74) is 1.10. The van der Waals surface area contributed by atoms with E-state index in [-0.39, 0.29) is 18.4 Å². The van der Waals surface area contributed by atoms with E-state index in [1.54, 1.807) is 0 Å². The van der Waals surface area contributed by atoms with Gasteiger partial charge in [-0.1, -0.05) is 91.0 Å². The van der Waals surface area contributed by atoms with E-state index in [4.69, 9.17) is 9.47 Å². The van der Waals surface area contributed by atoms with Gasteiger partial charge in [-0.15, -0.1) is 0 Å². The van der Waals surface area contributed by atoms with Crippen LogP contribution in [0.4, 0.5) is 4.79 Å². The first-order valence-electron chi connectivity index (χ1n) is 13.8. The number of aliphatic hydroxyl groups is 1. The zero-order chi connectivity index (χ0) is 26.2. The van der Waals surface area contributed by atoms with E-state index >= 15 is 0 Å². The van der Waals surface area contributed by atoms with Crippen LogP contribution in [0.1, 0.15) is 48.8 Å². The largest absolute Gasteiger partial charge is 0.378 e. The van der Waals surface area contributed by atoms with Gasteiger partial charge in [0.1, 0.15) is 5.60 Å². The molecule has 3 aromatic carbocycles. The maximum Gasteiger partial charge on any atom is 0.315 e. The van der Waals surface area contributed by atoms with Crippen molar-refractivity contribution in [1.29, 1.82) is 0 Å². The normalized spacial score (nSPS) is 21.1. The lowest BCUT2D eigenvalue weighted by atomic mass is 9.77. The van der Waals surface area contributed by atoms with Gasteiger partial charge >= 0.3 is 6.03 Å². The number of hydrogen-bond acceptors (Lipinski definition) is 4. The molecule has 1 aliphatic heterocycles. The Labute approximate surface area is 225 Å². The van der Waals surface area contributed by atoms with Crippen molar-refractivity contribution in [2.45, 2.75) is 62.5 Å². The van der Waals surface area contributed by atoms with E-state index in [9.17, 15) is 9.90 Å². The monoisotopic (exact) mass is 514 g/mol. The first kappa shape index (κ1) is 26.4. The number of benzene rings is 3. The fourth-order valence-electron chi connectivity index (χ4n) is 5.85. The predicted molar refractivity (Wildman–Crippen MR) is 148 cm³/mol. The van der Waals surface area contributed by atoms with Gasteiger partial charge in [0.2, 0.25) is 0 Å². The molecule has 0 aromatic heterocycles. The van der Waals surface area contributed by atoms with Crippen LogP contribution >= 0.6 is 0 Å². The summed E-state index contributed by atoms with van der Waals surface area (Å²) in [6.07, 6.45) is 5.27. The van der Waals surface area contributed by atoms with Gasteiger partial charge in [-0.3, -0.25) is 0 Å². The van der Waals surface area contributed by atoms with Gasteiger partial charge in [0.05, 0.1) is 19.3 Å². The maximum absolute atomic E-state index is 13.4.